The highest BCUT2D eigenvalue weighted by atomic mass is 17.2. The first kappa shape index (κ1) is 66.3. The van der Waals surface area contributed by atoms with E-state index in [0.29, 0.717) is 13.0 Å². The number of hydrogen-bond acceptors (Lipinski definition) is 16. The summed E-state index contributed by atoms with van der Waals surface area (Å²) < 4.78 is 93.5. The molecule has 0 aliphatic rings. The maximum Gasteiger partial charge on any atom is 0.477 e. The number of quaternary nitrogens is 1. The summed E-state index contributed by atoms with van der Waals surface area (Å²) in [4.78, 5) is 18.6. The Morgan fingerprint density at radius 3 is 0.896 bits per heavy atom. The topological polar surface area (TPSA) is 148 Å². The normalized spacial score (nSPS) is 14.1. The second kappa shape index (κ2) is 36.3. The van der Waals surface area contributed by atoms with Crippen molar-refractivity contribution in [1.29, 1.82) is 0 Å². The summed E-state index contributed by atoms with van der Waals surface area (Å²) in [6.45, 7) is 31.9. The fourth-order valence-corrected chi connectivity index (χ4v) is 9.31. The molecule has 0 saturated carbocycles. The molecule has 67 heavy (non-hydrogen) atoms. The molecule has 0 amide bonds. The summed E-state index contributed by atoms with van der Waals surface area (Å²) in [7, 11) is 0. The van der Waals surface area contributed by atoms with Crippen molar-refractivity contribution >= 4 is 0 Å². The van der Waals surface area contributed by atoms with Crippen LogP contribution in [-0.4, -0.2) is 152 Å². The third-order valence-electron chi connectivity index (χ3n) is 11.0. The van der Waals surface area contributed by atoms with E-state index in [1.54, 1.807) is 48.5 Å². The van der Waals surface area contributed by atoms with Crippen molar-refractivity contribution in [3.05, 3.63) is 0 Å². The molecular weight excluding hydrogens is 871 g/mol. The van der Waals surface area contributed by atoms with E-state index in [1.165, 1.54) is 32.1 Å². The van der Waals surface area contributed by atoms with Gasteiger partial charge in [0.1, 0.15) is 25.9 Å². The average molecular weight is 975 g/mol. The molecule has 0 saturated heterocycles. The molecule has 0 fully saturated rings. The lowest BCUT2D eigenvalue weighted by Gasteiger charge is -2.65. The zero-order valence-electron chi connectivity index (χ0n) is 45.9. The van der Waals surface area contributed by atoms with Crippen LogP contribution >= 0.6 is 0 Å². The molecular formula is C50H104NO16+. The van der Waals surface area contributed by atoms with E-state index < -0.39 is 45.9 Å². The Labute approximate surface area is 408 Å². The number of hydrogen-bond donors (Lipinski definition) is 0. The third kappa shape index (κ3) is 14.7. The summed E-state index contributed by atoms with van der Waals surface area (Å²) in [5.41, 5.74) is 0. The number of hydroxylamine groups is 3. The maximum atomic E-state index is 7.34. The van der Waals surface area contributed by atoms with Gasteiger partial charge in [-0.15, -0.1) is 14.5 Å². The smallest absolute Gasteiger partial charge is 0.373 e. The van der Waals surface area contributed by atoms with Gasteiger partial charge in [0.25, 0.3) is 23.1 Å². The maximum absolute atomic E-state index is 7.34. The summed E-state index contributed by atoms with van der Waals surface area (Å²) in [6, 6.07) is 0. The molecule has 0 heterocycles. The van der Waals surface area contributed by atoms with Crippen LogP contribution in [0.5, 0.6) is 0 Å². The van der Waals surface area contributed by atoms with E-state index in [2.05, 4.69) is 6.92 Å². The zero-order valence-corrected chi connectivity index (χ0v) is 45.9. The first-order chi connectivity index (χ1) is 32.4. The summed E-state index contributed by atoms with van der Waals surface area (Å²) in [5, 5.41) is 0. The van der Waals surface area contributed by atoms with E-state index in [0.717, 1.165) is 25.7 Å². The van der Waals surface area contributed by atoms with Crippen LogP contribution in [0.1, 0.15) is 182 Å². The molecule has 0 aromatic carbocycles. The molecule has 1 atom stereocenters. The van der Waals surface area contributed by atoms with E-state index >= 15 is 0 Å². The minimum absolute atomic E-state index is 0.0180. The van der Waals surface area contributed by atoms with Gasteiger partial charge in [0, 0.05) is 72.7 Å². The number of rotatable bonds is 49. The molecule has 17 nitrogen and oxygen atoms in total. The molecule has 0 aliphatic heterocycles. The molecule has 0 aliphatic carbocycles. The Morgan fingerprint density at radius 2 is 0.582 bits per heavy atom. The molecule has 1 unspecified atom stereocenters. The van der Waals surface area contributed by atoms with Gasteiger partial charge >= 0.3 is 11.7 Å². The largest absolute Gasteiger partial charge is 0.477 e. The number of ether oxygens (including phenoxy) is 13. The van der Waals surface area contributed by atoms with Crippen LogP contribution in [0.15, 0.2) is 0 Å². The van der Waals surface area contributed by atoms with Gasteiger partial charge in [0.05, 0.1) is 13.2 Å². The molecule has 0 aromatic heterocycles. The quantitative estimate of drug-likeness (QED) is 0.0246. The average Bonchev–Trinajstić information content (AvgIpc) is 3.30. The minimum Gasteiger partial charge on any atom is -0.373 e. The van der Waals surface area contributed by atoms with Gasteiger partial charge in [0.15, 0.2) is 4.97 Å². The van der Waals surface area contributed by atoms with Gasteiger partial charge < -0.3 is 52.1 Å². The molecule has 17 heteroatoms. The van der Waals surface area contributed by atoms with Crippen molar-refractivity contribution in [3.8, 4) is 0 Å². The molecule has 0 aromatic rings. The monoisotopic (exact) mass is 975 g/mol. The van der Waals surface area contributed by atoms with Crippen molar-refractivity contribution in [1.82, 2.24) is 0 Å². The lowest BCUT2D eigenvalue weighted by Crippen LogP contribution is -2.93. The van der Waals surface area contributed by atoms with Gasteiger partial charge in [-0.05, 0) is 117 Å². The van der Waals surface area contributed by atoms with Crippen LogP contribution in [0, 0.1) is 0 Å². The van der Waals surface area contributed by atoms with Gasteiger partial charge in [-0.3, -0.25) is 9.47 Å². The van der Waals surface area contributed by atoms with Gasteiger partial charge in [0.2, 0.25) is 0 Å². The van der Waals surface area contributed by atoms with Gasteiger partial charge in [-0.2, -0.15) is 0 Å². The van der Waals surface area contributed by atoms with Gasteiger partial charge in [-0.1, -0.05) is 64.7 Å². The molecule has 0 N–H and O–H groups in total. The summed E-state index contributed by atoms with van der Waals surface area (Å²) in [5.74, 6) is -14.5. The van der Waals surface area contributed by atoms with E-state index in [9.17, 15) is 0 Å². The molecule has 0 radical (unpaired) electrons. The Bertz CT molecular complexity index is 1110. The highest BCUT2D eigenvalue weighted by molar-refractivity contribution is 5.17. The number of nitrogens with zero attached hydrogens (tertiary/aromatic N) is 1. The summed E-state index contributed by atoms with van der Waals surface area (Å²) in [6.07, 6.45) is 9.81. The lowest BCUT2D eigenvalue weighted by molar-refractivity contribution is -1.42. The minimum atomic E-state index is -2.58. The van der Waals surface area contributed by atoms with Crippen molar-refractivity contribution in [2.75, 3.05) is 106 Å². The second-order valence-corrected chi connectivity index (χ2v) is 15.2. The lowest BCUT2D eigenvalue weighted by atomic mass is 9.78. The fraction of sp³-hybridized carbons (Fsp3) is 1.00. The van der Waals surface area contributed by atoms with Crippen LogP contribution in [0.25, 0.3) is 0 Å². The van der Waals surface area contributed by atoms with Crippen molar-refractivity contribution < 1.29 is 81.1 Å². The van der Waals surface area contributed by atoms with Gasteiger partial charge in [-0.25, -0.2) is 0 Å². The van der Waals surface area contributed by atoms with Crippen LogP contribution in [0.2, 0.25) is 0 Å². The summed E-state index contributed by atoms with van der Waals surface area (Å²) >= 11 is 0. The predicted octanol–water partition coefficient (Wildman–Crippen LogP) is 10.6. The van der Waals surface area contributed by atoms with Crippen LogP contribution in [0.3, 0.4) is 0 Å². The Hall–Kier alpha value is -0.680. The third-order valence-corrected chi connectivity index (χ3v) is 11.0. The standard InChI is InChI=1S/C50H104NO16/c1-18-35-36-37-38-39-40-41-42-43-44(52-19-2)45(53-20-3,54-21-4)46(55-22-5,56-23-6)47(57-24-7,58-25-8)48(59-26-9,60-27-10)49(61-28-11,62-29-12)50(63-30-13,64-31-14)51(65-32-15,66-33-16)67-34-17/h44H,18-43H2,1-17H3/q+1. The van der Waals surface area contributed by atoms with Crippen molar-refractivity contribution in [2.24, 2.45) is 0 Å². The molecule has 0 bridgehead atoms. The SMILES string of the molecule is CCCCCCCCCCCC(OCC)C(OCC)(OCC)C(OCC)(OCC)C(OCC)(OCC)C(OCC)(OCC)C(OCC)(OCC)C(OCC)(OCC)[N+](OCC)(OCC)OCC. The predicted molar refractivity (Wildman–Crippen MR) is 258 cm³/mol. The first-order valence-electron chi connectivity index (χ1n) is 26.5. The van der Waals surface area contributed by atoms with E-state index in [-0.39, 0.29) is 99.1 Å². The van der Waals surface area contributed by atoms with Crippen molar-refractivity contribution in [2.45, 2.75) is 223 Å². The first-order valence-corrected chi connectivity index (χ1v) is 26.5. The number of unbranched alkanes of at least 4 members (excludes halogenated alkanes) is 8. The van der Waals surface area contributed by atoms with Crippen LogP contribution in [0.4, 0.5) is 0 Å². The highest BCUT2D eigenvalue weighted by Gasteiger charge is 2.94. The Kier molecular flexibility index (Phi) is 35.9. The van der Waals surface area contributed by atoms with Crippen LogP contribution in [-0.2, 0) is 76.1 Å². The van der Waals surface area contributed by atoms with E-state index in [4.69, 9.17) is 76.1 Å². The van der Waals surface area contributed by atoms with Crippen LogP contribution < -0.4 is 0 Å². The highest BCUT2D eigenvalue weighted by Crippen LogP contribution is 2.61. The fourth-order valence-electron chi connectivity index (χ4n) is 9.31. The molecule has 404 valence electrons. The Balaban J connectivity index is 9.87. The molecule has 0 rings (SSSR count). The zero-order chi connectivity index (χ0) is 50.8. The second-order valence-electron chi connectivity index (χ2n) is 15.2. The van der Waals surface area contributed by atoms with Crippen molar-refractivity contribution in [3.63, 3.8) is 0 Å². The Morgan fingerprint density at radius 1 is 0.284 bits per heavy atom. The molecule has 0 spiro atoms. The van der Waals surface area contributed by atoms with E-state index in [1.807, 2.05) is 62.3 Å².